The molecule has 0 radical (unpaired) electrons. The molecule has 0 amide bonds. The van der Waals surface area contributed by atoms with Gasteiger partial charge in [-0.1, -0.05) is 12.1 Å². The van der Waals surface area contributed by atoms with Gasteiger partial charge in [0.05, 0.1) is 19.8 Å². The van der Waals surface area contributed by atoms with Crippen LogP contribution in [-0.4, -0.2) is 60.1 Å². The fourth-order valence-electron chi connectivity index (χ4n) is 3.50. The molecule has 8 heteroatoms. The summed E-state index contributed by atoms with van der Waals surface area (Å²) >= 11 is 0. The number of carbonyl (C=O) groups excluding carboxylic acids is 1. The van der Waals surface area contributed by atoms with Crippen LogP contribution in [0.2, 0.25) is 0 Å². The van der Waals surface area contributed by atoms with Crippen LogP contribution >= 0.6 is 0 Å². The molecule has 4 rings (SSSR count). The van der Waals surface area contributed by atoms with Crippen molar-refractivity contribution in [1.29, 1.82) is 0 Å². The maximum Gasteiger partial charge on any atom is 0.361 e. The molecule has 1 spiro atoms. The van der Waals surface area contributed by atoms with Crippen molar-refractivity contribution in [1.82, 2.24) is 15.4 Å². The van der Waals surface area contributed by atoms with Gasteiger partial charge in [-0.25, -0.2) is 4.79 Å². The summed E-state index contributed by atoms with van der Waals surface area (Å²) in [4.78, 5) is 14.3. The number of aromatic nitrogens is 3. The van der Waals surface area contributed by atoms with E-state index in [1.165, 1.54) is 0 Å². The van der Waals surface area contributed by atoms with E-state index >= 15 is 0 Å². The predicted octanol–water partition coefficient (Wildman–Crippen LogP) is 1.99. The van der Waals surface area contributed by atoms with Crippen LogP contribution in [0.5, 0.6) is 0 Å². The molecular formula is C18H22N4O4. The Bertz CT molecular complexity index is 758. The summed E-state index contributed by atoms with van der Waals surface area (Å²) < 4.78 is 16.6. The van der Waals surface area contributed by atoms with E-state index in [1.54, 1.807) is 6.92 Å². The van der Waals surface area contributed by atoms with Gasteiger partial charge in [-0.05, 0) is 19.1 Å². The van der Waals surface area contributed by atoms with Gasteiger partial charge in [0.15, 0.2) is 11.5 Å². The fraction of sp³-hybridized carbons (Fsp3) is 0.500. The zero-order valence-electron chi connectivity index (χ0n) is 14.7. The molecule has 0 aliphatic carbocycles. The summed E-state index contributed by atoms with van der Waals surface area (Å²) in [6, 6.07) is 7.96. The lowest BCUT2D eigenvalue weighted by Gasteiger charge is -2.38. The second-order valence-electron chi connectivity index (χ2n) is 6.38. The second-order valence-corrected chi connectivity index (χ2v) is 6.38. The van der Waals surface area contributed by atoms with E-state index in [4.69, 9.17) is 14.2 Å². The summed E-state index contributed by atoms with van der Waals surface area (Å²) in [6.07, 6.45) is 1.73. The minimum Gasteiger partial charge on any atom is -0.461 e. The van der Waals surface area contributed by atoms with Crippen molar-refractivity contribution >= 4 is 11.7 Å². The first kappa shape index (κ1) is 17.0. The number of H-pyrrole nitrogens is 1. The Hall–Kier alpha value is -2.45. The quantitative estimate of drug-likeness (QED) is 0.836. The van der Waals surface area contributed by atoms with Crippen molar-refractivity contribution in [2.24, 2.45) is 0 Å². The molecule has 3 heterocycles. The van der Waals surface area contributed by atoms with Crippen molar-refractivity contribution in [3.63, 3.8) is 0 Å². The molecule has 0 saturated carbocycles. The minimum atomic E-state index is -0.474. The Morgan fingerprint density at radius 3 is 2.54 bits per heavy atom. The van der Waals surface area contributed by atoms with E-state index in [2.05, 4.69) is 20.3 Å². The number of hydrogen-bond acceptors (Lipinski definition) is 7. The Balaban J connectivity index is 1.46. The van der Waals surface area contributed by atoms with E-state index in [0.717, 1.165) is 37.2 Å². The number of benzene rings is 1. The molecule has 138 valence electrons. The zero-order valence-corrected chi connectivity index (χ0v) is 14.7. The first-order chi connectivity index (χ1) is 12.7. The monoisotopic (exact) mass is 358 g/mol. The first-order valence-electron chi connectivity index (χ1n) is 8.92. The van der Waals surface area contributed by atoms with E-state index < -0.39 is 5.97 Å². The number of nitrogens with zero attached hydrogens (tertiary/aromatic N) is 3. The number of nitrogens with one attached hydrogen (secondary N) is 1. The zero-order chi connectivity index (χ0) is 18.0. The van der Waals surface area contributed by atoms with Crippen molar-refractivity contribution in [3.05, 3.63) is 30.0 Å². The number of esters is 1. The highest BCUT2D eigenvalue weighted by Crippen LogP contribution is 2.33. The van der Waals surface area contributed by atoms with Crippen LogP contribution in [0.25, 0.3) is 11.3 Å². The number of hydrogen-bond donors (Lipinski definition) is 1. The maximum absolute atomic E-state index is 12.0. The Morgan fingerprint density at radius 2 is 1.88 bits per heavy atom. The van der Waals surface area contributed by atoms with Gasteiger partial charge in [-0.3, -0.25) is 0 Å². The standard InChI is InChI=1S/C18H22N4O4/c1-2-24-17(23)16-15(19-21-20-16)13-3-5-14(6-4-13)22-9-7-18(8-10-22)25-11-12-26-18/h3-6H,2,7-12H2,1H3,(H,19,20,21). The smallest absolute Gasteiger partial charge is 0.361 e. The van der Waals surface area contributed by atoms with Crippen molar-refractivity contribution < 1.29 is 19.0 Å². The third-order valence-electron chi connectivity index (χ3n) is 4.86. The molecule has 2 aliphatic rings. The molecule has 2 aromatic rings. The number of carbonyl (C=O) groups is 1. The molecule has 1 N–H and O–H groups in total. The number of ether oxygens (including phenoxy) is 3. The van der Waals surface area contributed by atoms with Crippen LogP contribution < -0.4 is 4.90 Å². The van der Waals surface area contributed by atoms with Crippen LogP contribution in [0.4, 0.5) is 5.69 Å². The Labute approximate surface area is 151 Å². The summed E-state index contributed by atoms with van der Waals surface area (Å²) in [7, 11) is 0. The molecule has 2 aliphatic heterocycles. The SMILES string of the molecule is CCOC(=O)c1n[nH]nc1-c1ccc(N2CCC3(CC2)OCCO3)cc1. The van der Waals surface area contributed by atoms with Crippen LogP contribution in [0.15, 0.2) is 24.3 Å². The summed E-state index contributed by atoms with van der Waals surface area (Å²) in [5, 5.41) is 10.5. The van der Waals surface area contributed by atoms with Gasteiger partial charge in [0.2, 0.25) is 0 Å². The number of piperidine rings is 1. The van der Waals surface area contributed by atoms with Gasteiger partial charge < -0.3 is 19.1 Å². The molecule has 0 atom stereocenters. The highest BCUT2D eigenvalue weighted by atomic mass is 16.7. The molecule has 1 aromatic heterocycles. The average Bonchev–Trinajstić information content (AvgIpc) is 3.33. The second kappa shape index (κ2) is 7.05. The lowest BCUT2D eigenvalue weighted by Crippen LogP contribution is -2.45. The lowest BCUT2D eigenvalue weighted by atomic mass is 10.0. The van der Waals surface area contributed by atoms with Crippen LogP contribution in [-0.2, 0) is 14.2 Å². The van der Waals surface area contributed by atoms with Gasteiger partial charge in [0.25, 0.3) is 0 Å². The van der Waals surface area contributed by atoms with Crippen molar-refractivity contribution in [2.75, 3.05) is 37.8 Å². The first-order valence-corrected chi connectivity index (χ1v) is 8.92. The summed E-state index contributed by atoms with van der Waals surface area (Å²) in [5.41, 5.74) is 2.65. The van der Waals surface area contributed by atoms with Crippen LogP contribution in [0.3, 0.4) is 0 Å². The van der Waals surface area contributed by atoms with Crippen molar-refractivity contribution in [3.8, 4) is 11.3 Å². The maximum atomic E-state index is 12.0. The third-order valence-corrected chi connectivity index (χ3v) is 4.86. The molecule has 2 fully saturated rings. The Morgan fingerprint density at radius 1 is 1.19 bits per heavy atom. The van der Waals surface area contributed by atoms with Crippen LogP contribution in [0, 0.1) is 0 Å². The van der Waals surface area contributed by atoms with Gasteiger partial charge in [-0.15, -0.1) is 5.10 Å². The third kappa shape index (κ3) is 3.17. The average molecular weight is 358 g/mol. The van der Waals surface area contributed by atoms with E-state index in [1.807, 2.05) is 24.3 Å². The van der Waals surface area contributed by atoms with Gasteiger partial charge in [0.1, 0.15) is 5.69 Å². The van der Waals surface area contributed by atoms with Gasteiger partial charge in [-0.2, -0.15) is 10.3 Å². The largest absolute Gasteiger partial charge is 0.461 e. The van der Waals surface area contributed by atoms with Gasteiger partial charge in [0, 0.05) is 37.2 Å². The van der Waals surface area contributed by atoms with E-state index in [9.17, 15) is 4.79 Å². The molecule has 2 saturated heterocycles. The lowest BCUT2D eigenvalue weighted by molar-refractivity contribution is -0.169. The van der Waals surface area contributed by atoms with Crippen molar-refractivity contribution in [2.45, 2.75) is 25.6 Å². The predicted molar refractivity (Wildman–Crippen MR) is 93.9 cm³/mol. The number of anilines is 1. The molecule has 1 aromatic carbocycles. The number of rotatable bonds is 4. The van der Waals surface area contributed by atoms with Gasteiger partial charge >= 0.3 is 5.97 Å². The summed E-state index contributed by atoms with van der Waals surface area (Å²) in [6.45, 7) is 5.21. The summed E-state index contributed by atoms with van der Waals surface area (Å²) in [5.74, 6) is -0.843. The minimum absolute atomic E-state index is 0.204. The fourth-order valence-corrected chi connectivity index (χ4v) is 3.50. The van der Waals surface area contributed by atoms with Crippen LogP contribution in [0.1, 0.15) is 30.3 Å². The molecule has 0 unspecified atom stereocenters. The molecule has 0 bridgehead atoms. The highest BCUT2D eigenvalue weighted by molar-refractivity contribution is 5.93. The highest BCUT2D eigenvalue weighted by Gasteiger charge is 2.39. The van der Waals surface area contributed by atoms with E-state index in [0.29, 0.717) is 25.5 Å². The van der Waals surface area contributed by atoms with E-state index in [-0.39, 0.29) is 11.5 Å². The number of aromatic amines is 1. The topological polar surface area (TPSA) is 89.6 Å². The molecule has 26 heavy (non-hydrogen) atoms. The normalized spacial score (nSPS) is 19.0. The molecule has 8 nitrogen and oxygen atoms in total. The molecular weight excluding hydrogens is 336 g/mol. The Kier molecular flexibility index (Phi) is 4.60.